The number of methoxy groups -OCH3 is 1. The van der Waals surface area contributed by atoms with E-state index < -0.39 is 17.6 Å². The average Bonchev–Trinajstić information content (AvgIpc) is 3.53. The zero-order chi connectivity index (χ0) is 33.7. The average molecular weight is 660 g/mol. The fourth-order valence-corrected chi connectivity index (χ4v) is 7.64. The summed E-state index contributed by atoms with van der Waals surface area (Å²) in [5.41, 5.74) is 2.69. The molecule has 48 heavy (non-hydrogen) atoms. The number of halogens is 1. The maximum Gasteiger partial charge on any atom is 0.255 e. The van der Waals surface area contributed by atoms with Crippen molar-refractivity contribution < 1.29 is 33.4 Å². The van der Waals surface area contributed by atoms with Gasteiger partial charge in [0.2, 0.25) is 11.8 Å². The molecule has 0 saturated carbocycles. The number of benzene rings is 2. The van der Waals surface area contributed by atoms with Crippen molar-refractivity contribution >= 4 is 28.6 Å². The Bertz CT molecular complexity index is 1750. The number of aliphatic hydroxyl groups is 1. The van der Waals surface area contributed by atoms with Crippen LogP contribution in [0.15, 0.2) is 42.5 Å². The van der Waals surface area contributed by atoms with Crippen molar-refractivity contribution in [2.24, 2.45) is 5.92 Å². The topological polar surface area (TPSA) is 125 Å². The number of rotatable bonds is 10. The first-order valence-electron chi connectivity index (χ1n) is 16.6. The summed E-state index contributed by atoms with van der Waals surface area (Å²) in [6.45, 7) is 8.45. The Morgan fingerprint density at radius 3 is 2.60 bits per heavy atom. The van der Waals surface area contributed by atoms with Crippen LogP contribution in [0, 0.1) is 11.7 Å². The minimum absolute atomic E-state index is 0.0813. The number of carbonyl (C=O) groups excluding carboxylic acids is 3. The number of hydrogen-bond donors (Lipinski definition) is 2. The Kier molecular flexibility index (Phi) is 8.69. The molecule has 7 rings (SSSR count). The molecule has 3 atom stereocenters. The summed E-state index contributed by atoms with van der Waals surface area (Å²) < 4.78 is 27.4. The monoisotopic (exact) mass is 659 g/mol. The van der Waals surface area contributed by atoms with Crippen molar-refractivity contribution in [3.05, 3.63) is 70.7 Å². The quantitative estimate of drug-likeness (QED) is 0.316. The van der Waals surface area contributed by atoms with E-state index in [4.69, 9.17) is 14.5 Å². The van der Waals surface area contributed by atoms with Crippen molar-refractivity contribution in [1.29, 1.82) is 0 Å². The Morgan fingerprint density at radius 2 is 1.85 bits per heavy atom. The molecule has 0 bridgehead atoms. The van der Waals surface area contributed by atoms with E-state index >= 15 is 4.39 Å². The second kappa shape index (κ2) is 12.8. The van der Waals surface area contributed by atoms with Gasteiger partial charge in [0.1, 0.15) is 29.2 Å². The summed E-state index contributed by atoms with van der Waals surface area (Å²) in [6.07, 6.45) is 0.338. The SMILES string of the molecule is COC[C@@H]1CN(Cc2cc(F)c3nc(C4CN(CC(C)(C)O)C4)ccc3c2)C[C@H]1Oc1ccc2c(c1)CN([C@H]1CCC(=O)NC1=O)C2=O. The fraction of sp³-hybridized carbons (Fsp3) is 0.500. The van der Waals surface area contributed by atoms with Crippen molar-refractivity contribution in [2.75, 3.05) is 46.4 Å². The molecule has 3 amide bonds. The van der Waals surface area contributed by atoms with Crippen LogP contribution in [0.5, 0.6) is 5.75 Å². The van der Waals surface area contributed by atoms with Gasteiger partial charge in [-0.05, 0) is 67.8 Å². The first kappa shape index (κ1) is 32.6. The number of likely N-dealkylation sites (tertiary alicyclic amines) is 2. The second-order valence-electron chi connectivity index (χ2n) is 14.4. The molecule has 2 aromatic carbocycles. The number of amides is 3. The van der Waals surface area contributed by atoms with Gasteiger partial charge < -0.3 is 19.5 Å². The predicted molar refractivity (Wildman–Crippen MR) is 175 cm³/mol. The highest BCUT2D eigenvalue weighted by atomic mass is 19.1. The van der Waals surface area contributed by atoms with Gasteiger partial charge in [-0.2, -0.15) is 0 Å². The molecule has 2 N–H and O–H groups in total. The number of β-amino-alcohol motifs (C(OH)–C–C–N with tert-alkyl or cyclic N) is 1. The molecular weight excluding hydrogens is 617 g/mol. The van der Waals surface area contributed by atoms with Crippen LogP contribution in [-0.2, 0) is 27.4 Å². The van der Waals surface area contributed by atoms with Crippen LogP contribution < -0.4 is 10.1 Å². The number of aromatic nitrogens is 1. The van der Waals surface area contributed by atoms with Crippen molar-refractivity contribution in [3.8, 4) is 5.75 Å². The van der Waals surface area contributed by atoms with E-state index in [1.165, 1.54) is 4.90 Å². The number of ether oxygens (including phenoxy) is 2. The number of carbonyl (C=O) groups is 3. The predicted octanol–water partition coefficient (Wildman–Crippen LogP) is 2.83. The summed E-state index contributed by atoms with van der Waals surface area (Å²) in [4.78, 5) is 47.8. The van der Waals surface area contributed by atoms with E-state index in [0.717, 1.165) is 35.3 Å². The van der Waals surface area contributed by atoms with Gasteiger partial charge in [-0.1, -0.05) is 6.07 Å². The van der Waals surface area contributed by atoms with Gasteiger partial charge in [0.05, 0.1) is 12.2 Å². The molecule has 12 heteroatoms. The molecule has 1 aromatic heterocycles. The normalized spacial score (nSPS) is 23.9. The lowest BCUT2D eigenvalue weighted by molar-refractivity contribution is -0.136. The number of nitrogens with zero attached hydrogens (tertiary/aromatic N) is 4. The van der Waals surface area contributed by atoms with Gasteiger partial charge >= 0.3 is 0 Å². The molecule has 3 aromatic rings. The summed E-state index contributed by atoms with van der Waals surface area (Å²) in [7, 11) is 1.67. The molecule has 3 fully saturated rings. The summed E-state index contributed by atoms with van der Waals surface area (Å²) in [6, 6.07) is 12.2. The Hall–Kier alpha value is -3.97. The molecule has 5 heterocycles. The lowest BCUT2D eigenvalue weighted by Gasteiger charge is -2.41. The minimum atomic E-state index is -0.748. The van der Waals surface area contributed by atoms with Crippen molar-refractivity contribution in [3.63, 3.8) is 0 Å². The van der Waals surface area contributed by atoms with Crippen LogP contribution in [0.3, 0.4) is 0 Å². The smallest absolute Gasteiger partial charge is 0.255 e. The van der Waals surface area contributed by atoms with Crippen molar-refractivity contribution in [1.82, 2.24) is 25.0 Å². The number of hydrogen-bond acceptors (Lipinski definition) is 9. The molecule has 3 saturated heterocycles. The van der Waals surface area contributed by atoms with Gasteiger partial charge in [-0.25, -0.2) is 9.37 Å². The molecule has 4 aliphatic heterocycles. The van der Waals surface area contributed by atoms with Gasteiger partial charge in [0.25, 0.3) is 5.91 Å². The fourth-order valence-electron chi connectivity index (χ4n) is 7.64. The van der Waals surface area contributed by atoms with Crippen molar-refractivity contribution in [2.45, 2.75) is 63.4 Å². The Balaban J connectivity index is 0.999. The van der Waals surface area contributed by atoms with Crippen LogP contribution in [0.25, 0.3) is 10.9 Å². The van der Waals surface area contributed by atoms with Crippen LogP contribution in [0.1, 0.15) is 59.8 Å². The standard InChI is InChI=1S/C36H42FN5O6/c1-36(2,46)20-41-14-24(15-41)29-7-4-22-10-21(11-28(37)33(22)38-29)13-40-16-25(19-47-3)31(18-40)48-26-5-6-27-23(12-26)17-42(35(27)45)30-8-9-32(43)39-34(30)44/h4-7,10-12,24-25,30-31,46H,8-9,13-20H2,1-3H3,(H,39,43,44)/t25-,30-,31+/m0/s1. The maximum absolute atomic E-state index is 15.4. The third-order valence-electron chi connectivity index (χ3n) is 9.84. The largest absolute Gasteiger partial charge is 0.489 e. The number of nitrogens with one attached hydrogen (secondary N) is 1. The van der Waals surface area contributed by atoms with Crippen LogP contribution in [-0.4, -0.2) is 107 Å². The lowest BCUT2D eigenvalue weighted by Crippen LogP contribution is -2.52. The lowest BCUT2D eigenvalue weighted by atomic mass is 9.93. The second-order valence-corrected chi connectivity index (χ2v) is 14.4. The molecule has 0 unspecified atom stereocenters. The first-order chi connectivity index (χ1) is 22.9. The molecule has 0 spiro atoms. The highest BCUT2D eigenvalue weighted by Gasteiger charge is 2.40. The maximum atomic E-state index is 15.4. The van der Waals surface area contributed by atoms with E-state index in [9.17, 15) is 19.5 Å². The number of imide groups is 1. The van der Waals surface area contributed by atoms with E-state index in [-0.39, 0.29) is 48.5 Å². The van der Waals surface area contributed by atoms with Gasteiger partial charge in [-0.3, -0.25) is 29.5 Å². The zero-order valence-electron chi connectivity index (χ0n) is 27.6. The van der Waals surface area contributed by atoms with E-state index in [0.29, 0.717) is 56.0 Å². The van der Waals surface area contributed by atoms with Crippen LogP contribution >= 0.6 is 0 Å². The Labute approximate surface area is 279 Å². The zero-order valence-corrected chi connectivity index (χ0v) is 27.6. The third-order valence-corrected chi connectivity index (χ3v) is 9.84. The number of piperidine rings is 1. The highest BCUT2D eigenvalue weighted by molar-refractivity contribution is 6.05. The van der Waals surface area contributed by atoms with Gasteiger partial charge in [-0.15, -0.1) is 0 Å². The van der Waals surface area contributed by atoms with Crippen LogP contribution in [0.4, 0.5) is 4.39 Å². The molecular formula is C36H42FN5O6. The van der Waals surface area contributed by atoms with E-state index in [1.54, 1.807) is 39.2 Å². The third kappa shape index (κ3) is 6.67. The molecule has 4 aliphatic rings. The summed E-state index contributed by atoms with van der Waals surface area (Å²) >= 11 is 0. The molecule has 0 radical (unpaired) electrons. The molecule has 11 nitrogen and oxygen atoms in total. The molecule has 0 aliphatic carbocycles. The number of fused-ring (bicyclic) bond motifs is 2. The highest BCUT2D eigenvalue weighted by Crippen LogP contribution is 2.33. The summed E-state index contributed by atoms with van der Waals surface area (Å²) in [5.74, 6) is -0.368. The van der Waals surface area contributed by atoms with Gasteiger partial charge in [0, 0.05) is 87.8 Å². The van der Waals surface area contributed by atoms with Crippen LogP contribution in [0.2, 0.25) is 0 Å². The van der Waals surface area contributed by atoms with Gasteiger partial charge in [0.15, 0.2) is 0 Å². The number of pyridine rings is 1. The minimum Gasteiger partial charge on any atom is -0.489 e. The Morgan fingerprint density at radius 1 is 1.04 bits per heavy atom. The van der Waals surface area contributed by atoms with E-state index in [1.807, 2.05) is 24.3 Å². The first-order valence-corrected chi connectivity index (χ1v) is 16.6. The summed E-state index contributed by atoms with van der Waals surface area (Å²) in [5, 5.41) is 13.2. The molecule has 254 valence electrons. The van der Waals surface area contributed by atoms with E-state index in [2.05, 4.69) is 15.1 Å².